The lowest BCUT2D eigenvalue weighted by Crippen LogP contribution is -2.42. The molecular weight excluding hydrogens is 330 g/mol. The Hall–Kier alpha value is -0.590. The van der Waals surface area contributed by atoms with E-state index in [-0.39, 0.29) is 0 Å². The molecule has 0 fully saturated rings. The lowest BCUT2D eigenvalue weighted by Gasteiger charge is -2.31. The Morgan fingerprint density at radius 3 is 2.63 bits per heavy atom. The second kappa shape index (κ2) is 4.75. The predicted molar refractivity (Wildman–Crippen MR) is 79.2 cm³/mol. The second-order valence-electron chi connectivity index (χ2n) is 5.44. The molecule has 1 atom stereocenters. The molecule has 1 aromatic carbocycles. The topological polar surface area (TPSA) is 69.4 Å². The van der Waals surface area contributed by atoms with Gasteiger partial charge >= 0.3 is 0 Å². The molecule has 0 spiro atoms. The van der Waals surface area contributed by atoms with E-state index >= 15 is 0 Å². The quantitative estimate of drug-likeness (QED) is 0.909. The molecule has 1 aromatic rings. The van der Waals surface area contributed by atoms with Crippen LogP contribution >= 0.6 is 15.9 Å². The van der Waals surface area contributed by atoms with Crippen molar-refractivity contribution in [3.8, 4) is 5.75 Å². The van der Waals surface area contributed by atoms with Gasteiger partial charge in [0.15, 0.2) is 9.84 Å². The number of fused-ring (bicyclic) bond motifs is 1. The minimum Gasteiger partial charge on any atom is -0.493 e. The van der Waals surface area contributed by atoms with E-state index in [1.807, 2.05) is 12.1 Å². The Morgan fingerprint density at radius 1 is 1.42 bits per heavy atom. The van der Waals surface area contributed by atoms with E-state index in [9.17, 15) is 8.42 Å². The molecule has 0 saturated carbocycles. The molecule has 0 radical (unpaired) electrons. The summed E-state index contributed by atoms with van der Waals surface area (Å²) in [5.74, 6) is 0.743. The number of halogens is 1. The standard InChI is InChI=1S/C13H18BrNO3S/c1-13(2,19(3,16)17)12(15)10-7-9(14)6-8-4-5-18-11(8)10/h6-7,12H,4-5,15H2,1-3H3. The number of benzene rings is 1. The molecule has 4 nitrogen and oxygen atoms in total. The fraction of sp³-hybridized carbons (Fsp3) is 0.538. The smallest absolute Gasteiger partial charge is 0.154 e. The number of rotatable bonds is 3. The first kappa shape index (κ1) is 14.8. The Labute approximate surface area is 122 Å². The van der Waals surface area contributed by atoms with Crippen LogP contribution in [0, 0.1) is 0 Å². The van der Waals surface area contributed by atoms with E-state index in [4.69, 9.17) is 10.5 Å². The van der Waals surface area contributed by atoms with Crippen LogP contribution in [-0.2, 0) is 16.3 Å². The monoisotopic (exact) mass is 347 g/mol. The lowest BCUT2D eigenvalue weighted by atomic mass is 9.93. The SMILES string of the molecule is CC(C)(C(N)c1cc(Br)cc2c1OCC2)S(C)(=O)=O. The van der Waals surface area contributed by atoms with Crippen molar-refractivity contribution in [2.24, 2.45) is 5.73 Å². The highest BCUT2D eigenvalue weighted by Crippen LogP contribution is 2.40. The van der Waals surface area contributed by atoms with Crippen LogP contribution in [0.25, 0.3) is 0 Å². The predicted octanol–water partition coefficient (Wildman–Crippen LogP) is 2.21. The summed E-state index contributed by atoms with van der Waals surface area (Å²) in [4.78, 5) is 0. The Bertz CT molecular complexity index is 611. The number of nitrogens with two attached hydrogens (primary N) is 1. The third kappa shape index (κ3) is 2.53. The Kier molecular flexibility index (Phi) is 3.70. The fourth-order valence-electron chi connectivity index (χ4n) is 2.13. The summed E-state index contributed by atoms with van der Waals surface area (Å²) >= 11 is 3.44. The summed E-state index contributed by atoms with van der Waals surface area (Å²) in [6.45, 7) is 3.91. The van der Waals surface area contributed by atoms with Crippen molar-refractivity contribution in [2.45, 2.75) is 31.1 Å². The molecule has 2 rings (SSSR count). The lowest BCUT2D eigenvalue weighted by molar-refractivity contribution is 0.348. The molecule has 0 aromatic heterocycles. The highest BCUT2D eigenvalue weighted by molar-refractivity contribution is 9.10. The molecule has 6 heteroatoms. The van der Waals surface area contributed by atoms with E-state index < -0.39 is 20.6 Å². The average Bonchev–Trinajstić information content (AvgIpc) is 2.72. The summed E-state index contributed by atoms with van der Waals surface area (Å²) in [5, 5.41) is 0. The van der Waals surface area contributed by atoms with Gasteiger partial charge in [0.25, 0.3) is 0 Å². The minimum atomic E-state index is -3.28. The molecule has 0 saturated heterocycles. The molecule has 2 N–H and O–H groups in total. The van der Waals surface area contributed by atoms with E-state index in [1.165, 1.54) is 6.26 Å². The van der Waals surface area contributed by atoms with Gasteiger partial charge < -0.3 is 10.5 Å². The zero-order valence-corrected chi connectivity index (χ0v) is 13.6. The normalized spacial score (nSPS) is 16.9. The zero-order chi connectivity index (χ0) is 14.4. The van der Waals surface area contributed by atoms with Gasteiger partial charge in [-0.15, -0.1) is 0 Å². The van der Waals surface area contributed by atoms with Gasteiger partial charge in [-0.2, -0.15) is 0 Å². The number of hydrogen-bond donors (Lipinski definition) is 1. The maximum absolute atomic E-state index is 11.9. The maximum atomic E-state index is 11.9. The number of hydrogen-bond acceptors (Lipinski definition) is 4. The van der Waals surface area contributed by atoms with Crippen LogP contribution < -0.4 is 10.5 Å². The van der Waals surface area contributed by atoms with Crippen molar-refractivity contribution in [3.05, 3.63) is 27.7 Å². The van der Waals surface area contributed by atoms with Crippen molar-refractivity contribution in [1.29, 1.82) is 0 Å². The number of ether oxygens (including phenoxy) is 1. The van der Waals surface area contributed by atoms with Crippen molar-refractivity contribution >= 4 is 25.8 Å². The van der Waals surface area contributed by atoms with Crippen molar-refractivity contribution in [2.75, 3.05) is 12.9 Å². The van der Waals surface area contributed by atoms with Crippen LogP contribution in [0.2, 0.25) is 0 Å². The Morgan fingerprint density at radius 2 is 2.05 bits per heavy atom. The van der Waals surface area contributed by atoms with Crippen LogP contribution in [-0.4, -0.2) is 26.0 Å². The second-order valence-corrected chi connectivity index (χ2v) is 8.95. The average molecular weight is 348 g/mol. The molecular formula is C13H18BrNO3S. The molecule has 1 unspecified atom stereocenters. The fourth-order valence-corrected chi connectivity index (χ4v) is 3.25. The van der Waals surface area contributed by atoms with Crippen LogP contribution in [0.5, 0.6) is 5.75 Å². The molecule has 0 aliphatic carbocycles. The third-order valence-corrected chi connectivity index (χ3v) is 6.44. The third-order valence-electron chi connectivity index (χ3n) is 3.82. The minimum absolute atomic E-state index is 0.616. The van der Waals surface area contributed by atoms with Gasteiger partial charge in [0.05, 0.1) is 17.4 Å². The first-order valence-electron chi connectivity index (χ1n) is 6.05. The van der Waals surface area contributed by atoms with Gasteiger partial charge in [0.1, 0.15) is 5.75 Å². The van der Waals surface area contributed by atoms with E-state index in [2.05, 4.69) is 15.9 Å². The molecule has 1 heterocycles. The number of sulfone groups is 1. The summed E-state index contributed by atoms with van der Waals surface area (Å²) in [7, 11) is -3.28. The van der Waals surface area contributed by atoms with Crippen molar-refractivity contribution in [1.82, 2.24) is 0 Å². The van der Waals surface area contributed by atoms with E-state index in [1.54, 1.807) is 13.8 Å². The van der Waals surface area contributed by atoms with Crippen LogP contribution in [0.1, 0.15) is 31.0 Å². The Balaban J connectivity index is 2.54. The van der Waals surface area contributed by atoms with Gasteiger partial charge in [-0.3, -0.25) is 0 Å². The van der Waals surface area contributed by atoms with Crippen molar-refractivity contribution in [3.63, 3.8) is 0 Å². The molecule has 0 bridgehead atoms. The molecule has 1 aliphatic heterocycles. The van der Waals surface area contributed by atoms with Crippen LogP contribution in [0.4, 0.5) is 0 Å². The molecule has 19 heavy (non-hydrogen) atoms. The highest BCUT2D eigenvalue weighted by atomic mass is 79.9. The summed E-state index contributed by atoms with van der Waals surface area (Å²) in [6.07, 6.45) is 2.04. The highest BCUT2D eigenvalue weighted by Gasteiger charge is 2.40. The largest absolute Gasteiger partial charge is 0.493 e. The first-order valence-corrected chi connectivity index (χ1v) is 8.73. The van der Waals surface area contributed by atoms with Gasteiger partial charge in [-0.05, 0) is 31.5 Å². The molecule has 106 valence electrons. The summed E-state index contributed by atoms with van der Waals surface area (Å²) in [6, 6.07) is 3.21. The van der Waals surface area contributed by atoms with Crippen molar-refractivity contribution < 1.29 is 13.2 Å². The van der Waals surface area contributed by atoms with Gasteiger partial charge in [-0.1, -0.05) is 15.9 Å². The van der Waals surface area contributed by atoms with Crippen LogP contribution in [0.15, 0.2) is 16.6 Å². The summed E-state index contributed by atoms with van der Waals surface area (Å²) in [5.41, 5.74) is 8.04. The van der Waals surface area contributed by atoms with Crippen LogP contribution in [0.3, 0.4) is 0 Å². The molecule has 1 aliphatic rings. The van der Waals surface area contributed by atoms with E-state index in [0.717, 1.165) is 27.8 Å². The summed E-state index contributed by atoms with van der Waals surface area (Å²) < 4.78 is 29.3. The zero-order valence-electron chi connectivity index (χ0n) is 11.2. The van der Waals surface area contributed by atoms with Gasteiger partial charge in [-0.25, -0.2) is 8.42 Å². The first-order chi connectivity index (χ1) is 8.64. The van der Waals surface area contributed by atoms with Gasteiger partial charge in [0.2, 0.25) is 0 Å². The van der Waals surface area contributed by atoms with E-state index in [0.29, 0.717) is 6.61 Å². The molecule has 0 amide bonds. The van der Waals surface area contributed by atoms with Gasteiger partial charge in [0, 0.05) is 22.7 Å². The maximum Gasteiger partial charge on any atom is 0.154 e.